The molecule has 8 aromatic heterocycles. The number of anilines is 8. The van der Waals surface area contributed by atoms with Gasteiger partial charge in [-0.15, -0.1) is 0 Å². The summed E-state index contributed by atoms with van der Waals surface area (Å²) in [5.74, 6) is 7.09. The maximum Gasteiger partial charge on any atom is 0.223 e. The molecule has 46 heteroatoms. The van der Waals surface area contributed by atoms with Gasteiger partial charge in [-0.05, 0) is 96.6 Å². The van der Waals surface area contributed by atoms with E-state index in [-0.39, 0.29) is 71.0 Å². The fourth-order valence-electron chi connectivity index (χ4n) is 17.0. The number of fused-ring (bicyclic) bond motifs is 4. The molecule has 8 atom stereocenters. The number of hydrogen-bond acceptors (Lipinski definition) is 38. The number of ether oxygens (including phenoxy) is 12. The van der Waals surface area contributed by atoms with Gasteiger partial charge in [0.05, 0.1) is 197 Å². The molecule has 4 saturated heterocycles. The molecule has 150 heavy (non-hydrogen) atoms. The number of rotatable bonds is 44. The zero-order chi connectivity index (χ0) is 108. The quantitative estimate of drug-likeness (QED) is 0.0130. The highest BCUT2D eigenvalue weighted by Gasteiger charge is 2.37. The molecule has 0 aliphatic carbocycles. The predicted molar refractivity (Wildman–Crippen MR) is 592 cm³/mol. The van der Waals surface area contributed by atoms with E-state index in [0.717, 1.165) is 41.1 Å². The molecule has 0 radical (unpaired) electrons. The molecule has 8 N–H and O–H groups in total. The second kappa shape index (κ2) is 53.9. The number of methoxy groups -OCH3 is 8. The first-order valence-electron chi connectivity index (χ1n) is 47.6. The van der Waals surface area contributed by atoms with Crippen molar-refractivity contribution < 1.29 is 76.0 Å². The van der Waals surface area contributed by atoms with Crippen molar-refractivity contribution in [2.75, 3.05) is 220 Å². The topological polar surface area (TPSA) is 436 Å². The molecule has 16 rings (SSSR count). The van der Waals surface area contributed by atoms with Crippen LogP contribution in [0.4, 0.5) is 47.1 Å². The lowest BCUT2D eigenvalue weighted by Crippen LogP contribution is -2.30. The average Bonchev–Trinajstić information content (AvgIpc) is 0.835. The van der Waals surface area contributed by atoms with E-state index >= 15 is 0 Å². The van der Waals surface area contributed by atoms with Gasteiger partial charge >= 0.3 is 0 Å². The molecule has 38 nitrogen and oxygen atoms in total. The van der Waals surface area contributed by atoms with Crippen molar-refractivity contribution in [1.29, 1.82) is 0 Å². The molecule has 4 aliphatic heterocycles. The van der Waals surface area contributed by atoms with Crippen LogP contribution in [0.1, 0.15) is 39.0 Å². The van der Waals surface area contributed by atoms with E-state index in [9.17, 15) is 19.2 Å². The monoisotopic (exact) mass is 2210 g/mol. The first kappa shape index (κ1) is 114. The van der Waals surface area contributed by atoms with Crippen molar-refractivity contribution in [1.82, 2.24) is 69.6 Å². The summed E-state index contributed by atoms with van der Waals surface area (Å²) < 4.78 is 65.8. The molecule has 0 spiro atoms. The highest BCUT2D eigenvalue weighted by Crippen LogP contribution is 2.52. The van der Waals surface area contributed by atoms with Crippen molar-refractivity contribution in [3.8, 4) is 91.0 Å². The van der Waals surface area contributed by atoms with Crippen LogP contribution < -0.4 is 80.4 Å². The minimum absolute atomic E-state index is 0.000287. The zero-order valence-electron chi connectivity index (χ0n) is 85.2. The van der Waals surface area contributed by atoms with Crippen molar-refractivity contribution in [2.24, 2.45) is 23.7 Å². The fourth-order valence-corrected chi connectivity index (χ4v) is 19.7. The van der Waals surface area contributed by atoms with Gasteiger partial charge in [0.1, 0.15) is 68.1 Å². The zero-order valence-corrected chi connectivity index (χ0v) is 91.3. The summed E-state index contributed by atoms with van der Waals surface area (Å²) in [5.41, 5.74) is 6.45. The van der Waals surface area contributed by atoms with E-state index < -0.39 is 0 Å². The van der Waals surface area contributed by atoms with E-state index in [1.807, 2.05) is 53.3 Å². The van der Waals surface area contributed by atoms with Crippen LogP contribution in [0.15, 0.2) is 124 Å². The maximum absolute atomic E-state index is 11.9. The number of pyridine rings is 4. The number of hydrogen-bond donors (Lipinski definition) is 8. The fraction of sp³-hybridized carbons (Fsp3) is 0.385. The minimum atomic E-state index is -0.106. The van der Waals surface area contributed by atoms with Crippen molar-refractivity contribution in [3.05, 3.63) is 164 Å². The Morgan fingerprint density at radius 2 is 0.573 bits per heavy atom. The number of likely N-dealkylation sites (N-methyl/N-ethyl adjacent to an activating group) is 1. The van der Waals surface area contributed by atoms with Crippen LogP contribution in [-0.2, 0) is 38.1 Å². The smallest absolute Gasteiger partial charge is 0.223 e. The Bertz CT molecular complexity index is 6860. The Morgan fingerprint density at radius 3 is 0.800 bits per heavy atom. The lowest BCUT2D eigenvalue weighted by Gasteiger charge is -2.19. The number of aromatic nitrogens is 12. The van der Waals surface area contributed by atoms with Gasteiger partial charge < -0.3 is 109 Å². The average molecular weight is 2220 g/mol. The van der Waals surface area contributed by atoms with Crippen LogP contribution in [0.3, 0.4) is 0 Å². The van der Waals surface area contributed by atoms with Crippen molar-refractivity contribution >= 4 is 207 Å². The van der Waals surface area contributed by atoms with Crippen LogP contribution in [-0.4, -0.2) is 295 Å². The molecule has 0 unspecified atom stereocenters. The van der Waals surface area contributed by atoms with Gasteiger partial charge in [0.15, 0.2) is 46.4 Å². The summed E-state index contributed by atoms with van der Waals surface area (Å²) >= 11 is 53.3. The summed E-state index contributed by atoms with van der Waals surface area (Å²) in [6, 6.07) is 13.4. The molecule has 796 valence electrons. The molecule has 4 aromatic carbocycles. The van der Waals surface area contributed by atoms with Gasteiger partial charge in [-0.1, -0.05) is 119 Å². The summed E-state index contributed by atoms with van der Waals surface area (Å²) in [6.45, 7) is 23.6. The van der Waals surface area contributed by atoms with Gasteiger partial charge in [-0.2, -0.15) is 0 Å². The molecule has 12 heterocycles. The number of benzene rings is 4. The van der Waals surface area contributed by atoms with Crippen molar-refractivity contribution in [2.45, 2.75) is 63.2 Å². The second-order valence-electron chi connectivity index (χ2n) is 35.4. The lowest BCUT2D eigenvalue weighted by molar-refractivity contribution is -0.116. The summed E-state index contributed by atoms with van der Waals surface area (Å²) in [7, 11) is 22.0. The van der Waals surface area contributed by atoms with Crippen LogP contribution in [0.5, 0.6) is 46.0 Å². The third kappa shape index (κ3) is 27.6. The minimum Gasteiger partial charge on any atom is -0.495 e. The summed E-state index contributed by atoms with van der Waals surface area (Å²) in [5, 5.41) is 31.9. The Kier molecular flexibility index (Phi) is 41.1. The molecular weight excluding hydrogens is 2100 g/mol. The third-order valence-electron chi connectivity index (χ3n) is 24.9. The highest BCUT2D eigenvalue weighted by molar-refractivity contribution is 6.43. The molecule has 12 aromatic rings. The van der Waals surface area contributed by atoms with Gasteiger partial charge in [0.2, 0.25) is 23.8 Å². The lowest BCUT2D eigenvalue weighted by atomic mass is 9.97. The first-order valence-corrected chi connectivity index (χ1v) is 50.6. The number of nitrogens with one attached hydrogen (secondary N) is 8. The van der Waals surface area contributed by atoms with Crippen molar-refractivity contribution in [3.63, 3.8) is 0 Å². The van der Waals surface area contributed by atoms with Gasteiger partial charge in [0.25, 0.3) is 0 Å². The SMILES string of the molecule is C=CC(=O)C[C@H]1COC[C@H]1Nc1ncc2cc(-c3c(Cl)c(OC)cc(OC)c3Cl)nc(NC)c2n1.C=CC(=O)C[C@H]1COC[C@H]1Nc1ncc2cc(-c3c(Cl)c(OC)cc(OC)c3Cl)nc(NCC)c2n1.C=CC(=O)C[C@H]1COC[C@H]1Nc1ncc2cc(-c3c(Cl)c(OC)cc(OC)c3Cl)nc(NCCCN(C)C)c2n1.C=CC(=O)C[C@H]1COC[C@H]1Nc1ncc2cc(-c3c(Cl)c(OC)cc(OC)c3Cl)nc(NCCN(C)C)c2n1. The number of ketones is 4. The van der Waals surface area contributed by atoms with Gasteiger partial charge in [-0.3, -0.25) is 19.2 Å². The highest BCUT2D eigenvalue weighted by atomic mass is 35.5. The summed E-state index contributed by atoms with van der Waals surface area (Å²) in [6.07, 6.45) is 14.5. The Morgan fingerprint density at radius 1 is 0.340 bits per heavy atom. The maximum atomic E-state index is 11.9. The Hall–Kier alpha value is -12.6. The van der Waals surface area contributed by atoms with Crippen LogP contribution >= 0.6 is 92.8 Å². The normalized spacial score (nSPS) is 17.0. The molecule has 0 bridgehead atoms. The number of allylic oxidation sites excluding steroid dienone is 4. The van der Waals surface area contributed by atoms with Gasteiger partial charge in [-0.25, -0.2) is 59.8 Å². The first-order chi connectivity index (χ1) is 72.3. The van der Waals surface area contributed by atoms with Gasteiger partial charge in [0, 0.05) is 175 Å². The number of nitrogens with zero attached hydrogens (tertiary/aromatic N) is 14. The molecule has 0 amide bonds. The van der Waals surface area contributed by atoms with Crippen LogP contribution in [0, 0.1) is 23.7 Å². The van der Waals surface area contributed by atoms with E-state index in [1.54, 1.807) is 62.2 Å². The number of halogens is 8. The van der Waals surface area contributed by atoms with E-state index in [0.29, 0.717) is 299 Å². The largest absolute Gasteiger partial charge is 0.495 e. The van der Waals surface area contributed by atoms with Crippen LogP contribution in [0.25, 0.3) is 88.6 Å². The molecule has 0 saturated carbocycles. The Balaban J connectivity index is 0.000000167. The van der Waals surface area contributed by atoms with Crippen LogP contribution in [0.2, 0.25) is 40.2 Å². The van der Waals surface area contributed by atoms with E-state index in [1.165, 1.54) is 81.2 Å². The molecule has 4 aliphatic rings. The van der Waals surface area contributed by atoms with E-state index in [2.05, 4.69) is 104 Å². The Labute approximate surface area is 908 Å². The third-order valence-corrected chi connectivity index (χ3v) is 27.9. The number of carbonyl (C=O) groups excluding carboxylic acids is 4. The second-order valence-corrected chi connectivity index (χ2v) is 38.4. The predicted octanol–water partition coefficient (Wildman–Crippen LogP) is 19.2. The number of carbonyl (C=O) groups is 4. The molecule has 4 fully saturated rings. The summed E-state index contributed by atoms with van der Waals surface area (Å²) in [4.78, 5) is 108. The van der Waals surface area contributed by atoms with E-state index in [4.69, 9.17) is 185 Å². The molecular formula is C104H118Cl8N22O16. The standard InChI is InChI=1S/C28H34Cl2N6O4.C27H32Cl2N6O4.C25H27Cl2N5O4.C24H25Cl2N5O4/c1-6-18(37)10-17-14-40-15-20(17)34-28-32-13-16-11-19(23-24(29)21(38-4)12-22(39-5)25(23)30)33-27(26(16)35-28)31-8-7-9-36(2)3;1-6-17(36)9-16-13-39-14-19(16)33-27-31-12-15-10-18(32-26(25(15)34-27)30-7-8-35(2)3)22-23(28)20(37-4)11-21(38-5)24(22)29;1-5-15(33)7-14-11-36-12-17(14)31-25-29-10-13-8-16(30-24(28-6-2)23(13)32-25)20-21(26)18(34-3)9-19(35-4)22(20)27;1-5-14(32)6-13-10-35-11-16(13)30-24-28-9-12-7-15(29-23(27-2)22(12)31-24)19-20(25)17(33-3)8-18(34-4)21(19)26/h6,11-13,17,20H,1,7-10,14-15H2,2-5H3,(H,31,33)(H,32,34,35);6,10-12,16,19H,1,7-9,13-14H2,2-5H3,(H,30,32)(H,31,33,34);5,8-10,14,17H,1,6-7,11-12H2,2-4H3,(H,28,30)(H,29,31,32);5,7-9,13,16H,1,6,10-11H2,2-4H3,(H,27,29)(H,28,30,31)/t17-,20+;16-,19+;14-,17+;13-,16+/m0000/s1.